The van der Waals surface area contributed by atoms with Gasteiger partial charge < -0.3 is 15.2 Å². The molecule has 1 aliphatic rings. The van der Waals surface area contributed by atoms with Crippen LogP contribution in [-0.4, -0.2) is 50.3 Å². The Kier molecular flexibility index (Phi) is 6.70. The first kappa shape index (κ1) is 23.6. The molecule has 1 saturated heterocycles. The molecule has 0 radical (unpaired) electrons. The smallest absolute Gasteiger partial charge is 0.245 e. The van der Waals surface area contributed by atoms with E-state index in [0.29, 0.717) is 16.2 Å². The summed E-state index contributed by atoms with van der Waals surface area (Å²) in [6.07, 6.45) is 3.52. The first-order valence-electron chi connectivity index (χ1n) is 11.1. The largest absolute Gasteiger partial charge is 0.370 e. The Balaban J connectivity index is 1.48. The van der Waals surface area contributed by atoms with E-state index in [1.54, 1.807) is 18.2 Å². The van der Waals surface area contributed by atoms with E-state index in [1.165, 1.54) is 13.5 Å². The zero-order chi connectivity index (χ0) is 23.8. The molecule has 2 heterocycles. The first-order valence-corrected chi connectivity index (χ1v) is 12.9. The van der Waals surface area contributed by atoms with Crippen molar-refractivity contribution in [3.63, 3.8) is 0 Å². The van der Waals surface area contributed by atoms with Crippen LogP contribution in [0.5, 0.6) is 0 Å². The van der Waals surface area contributed by atoms with Crippen molar-refractivity contribution in [1.82, 2.24) is 9.29 Å². The number of fused-ring (bicyclic) bond motifs is 1. The quantitative estimate of drug-likeness (QED) is 0.527. The van der Waals surface area contributed by atoms with Crippen molar-refractivity contribution in [2.75, 3.05) is 36.9 Å². The minimum Gasteiger partial charge on any atom is -0.370 e. The number of halogens is 1. The predicted octanol–water partition coefficient (Wildman–Crippen LogP) is 4.69. The summed E-state index contributed by atoms with van der Waals surface area (Å²) in [7, 11) is -2.47. The fraction of sp³-hybridized carbons (Fsp3) is 0.375. The van der Waals surface area contributed by atoms with Gasteiger partial charge in [0.1, 0.15) is 4.90 Å². The molecule has 1 fully saturated rings. The monoisotopic (exact) mass is 488 g/mol. The summed E-state index contributed by atoms with van der Waals surface area (Å²) < 4.78 is 27.6. The SMILES string of the molecule is Cc1cc(S(=O)(=O)N(C)CC(=O)Nc2ccc(N3CCCCC3)c(Cl)c2)c2[nH]c(C)cc2c1. The van der Waals surface area contributed by atoms with Gasteiger partial charge in [-0.3, -0.25) is 4.79 Å². The maximum atomic E-state index is 13.3. The Morgan fingerprint density at radius 3 is 2.55 bits per heavy atom. The van der Waals surface area contributed by atoms with Crippen molar-refractivity contribution in [3.05, 3.63) is 52.7 Å². The lowest BCUT2D eigenvalue weighted by Crippen LogP contribution is -2.35. The van der Waals surface area contributed by atoms with Crippen molar-refractivity contribution in [3.8, 4) is 0 Å². The van der Waals surface area contributed by atoms with Crippen molar-refractivity contribution < 1.29 is 13.2 Å². The maximum Gasteiger partial charge on any atom is 0.245 e. The molecule has 33 heavy (non-hydrogen) atoms. The second-order valence-corrected chi connectivity index (χ2v) is 11.1. The minimum atomic E-state index is -3.88. The number of nitrogens with zero attached hydrogens (tertiary/aromatic N) is 2. The van der Waals surface area contributed by atoms with E-state index in [1.807, 2.05) is 32.0 Å². The number of rotatable bonds is 6. The normalized spacial score (nSPS) is 14.8. The predicted molar refractivity (Wildman–Crippen MR) is 134 cm³/mol. The van der Waals surface area contributed by atoms with Gasteiger partial charge >= 0.3 is 0 Å². The summed E-state index contributed by atoms with van der Waals surface area (Å²) in [4.78, 5) is 18.2. The molecule has 9 heteroatoms. The topological polar surface area (TPSA) is 85.5 Å². The molecule has 0 aliphatic carbocycles. The maximum absolute atomic E-state index is 13.3. The Morgan fingerprint density at radius 2 is 1.85 bits per heavy atom. The Morgan fingerprint density at radius 1 is 1.12 bits per heavy atom. The number of carbonyl (C=O) groups is 1. The van der Waals surface area contributed by atoms with Gasteiger partial charge in [0.2, 0.25) is 15.9 Å². The second kappa shape index (κ2) is 9.37. The molecule has 4 rings (SSSR count). The average Bonchev–Trinajstić information content (AvgIpc) is 3.13. The number of aromatic amines is 1. The number of aromatic nitrogens is 1. The zero-order valence-electron chi connectivity index (χ0n) is 19.1. The summed E-state index contributed by atoms with van der Waals surface area (Å²) in [5.74, 6) is -0.436. The van der Waals surface area contributed by atoms with Gasteiger partial charge in [-0.15, -0.1) is 0 Å². The van der Waals surface area contributed by atoms with E-state index < -0.39 is 15.9 Å². The molecule has 176 valence electrons. The van der Waals surface area contributed by atoms with Crippen LogP contribution >= 0.6 is 11.6 Å². The van der Waals surface area contributed by atoms with Gasteiger partial charge in [0.05, 0.1) is 22.8 Å². The highest BCUT2D eigenvalue weighted by atomic mass is 35.5. The molecular weight excluding hydrogens is 460 g/mol. The van der Waals surface area contributed by atoms with Gasteiger partial charge in [-0.1, -0.05) is 11.6 Å². The number of hydrogen-bond acceptors (Lipinski definition) is 4. The zero-order valence-corrected chi connectivity index (χ0v) is 20.7. The Bertz CT molecular complexity index is 1300. The molecule has 1 aliphatic heterocycles. The molecule has 0 bridgehead atoms. The van der Waals surface area contributed by atoms with E-state index in [9.17, 15) is 13.2 Å². The highest BCUT2D eigenvalue weighted by Crippen LogP contribution is 2.31. The first-order chi connectivity index (χ1) is 15.6. The molecule has 7 nitrogen and oxygen atoms in total. The number of likely N-dealkylation sites (N-methyl/N-ethyl adjacent to an activating group) is 1. The number of hydrogen-bond donors (Lipinski definition) is 2. The number of amides is 1. The van der Waals surface area contributed by atoms with Gasteiger partial charge in [-0.2, -0.15) is 4.31 Å². The van der Waals surface area contributed by atoms with Crippen LogP contribution in [-0.2, 0) is 14.8 Å². The van der Waals surface area contributed by atoms with Crippen LogP contribution in [0.3, 0.4) is 0 Å². The molecular formula is C24H29ClN4O3S. The van der Waals surface area contributed by atoms with Crippen molar-refractivity contribution in [2.45, 2.75) is 38.0 Å². The number of nitrogens with one attached hydrogen (secondary N) is 2. The summed E-state index contributed by atoms with van der Waals surface area (Å²) >= 11 is 6.47. The fourth-order valence-corrected chi connectivity index (χ4v) is 6.01. The summed E-state index contributed by atoms with van der Waals surface area (Å²) in [5, 5.41) is 4.16. The number of sulfonamides is 1. The van der Waals surface area contributed by atoms with Crippen LogP contribution in [0, 0.1) is 13.8 Å². The number of anilines is 2. The van der Waals surface area contributed by atoms with Crippen LogP contribution in [0.15, 0.2) is 41.3 Å². The lowest BCUT2D eigenvalue weighted by atomic mass is 10.1. The number of piperidine rings is 1. The van der Waals surface area contributed by atoms with E-state index >= 15 is 0 Å². The highest BCUT2D eigenvalue weighted by molar-refractivity contribution is 7.89. The van der Waals surface area contributed by atoms with Crippen molar-refractivity contribution in [2.24, 2.45) is 0 Å². The van der Waals surface area contributed by atoms with Crippen LogP contribution in [0.2, 0.25) is 5.02 Å². The summed E-state index contributed by atoms with van der Waals surface area (Å²) in [5.41, 5.74) is 3.75. The van der Waals surface area contributed by atoms with Crippen LogP contribution in [0.1, 0.15) is 30.5 Å². The molecule has 3 aromatic rings. The highest BCUT2D eigenvalue weighted by Gasteiger charge is 2.26. The van der Waals surface area contributed by atoms with Crippen LogP contribution < -0.4 is 10.2 Å². The average molecular weight is 489 g/mol. The van der Waals surface area contributed by atoms with E-state index in [4.69, 9.17) is 11.6 Å². The van der Waals surface area contributed by atoms with Gasteiger partial charge in [-0.25, -0.2) is 8.42 Å². The third kappa shape index (κ3) is 5.03. The molecule has 0 saturated carbocycles. The third-order valence-corrected chi connectivity index (χ3v) is 8.08. The van der Waals surface area contributed by atoms with Crippen LogP contribution in [0.4, 0.5) is 11.4 Å². The lowest BCUT2D eigenvalue weighted by Gasteiger charge is -2.29. The molecule has 1 amide bonds. The van der Waals surface area contributed by atoms with Gasteiger partial charge in [-0.05, 0) is 75.1 Å². The van der Waals surface area contributed by atoms with Crippen molar-refractivity contribution >= 4 is 49.8 Å². The van der Waals surface area contributed by atoms with E-state index in [-0.39, 0.29) is 11.4 Å². The second-order valence-electron chi connectivity index (χ2n) is 8.70. The van der Waals surface area contributed by atoms with E-state index in [2.05, 4.69) is 15.2 Å². The number of benzene rings is 2. The van der Waals surface area contributed by atoms with E-state index in [0.717, 1.165) is 52.6 Å². The number of carbonyl (C=O) groups excluding carboxylic acids is 1. The lowest BCUT2D eigenvalue weighted by molar-refractivity contribution is -0.116. The summed E-state index contributed by atoms with van der Waals surface area (Å²) in [6, 6.07) is 10.9. The third-order valence-electron chi connectivity index (χ3n) is 5.95. The summed E-state index contributed by atoms with van der Waals surface area (Å²) in [6.45, 7) is 5.36. The number of H-pyrrole nitrogens is 1. The number of aryl methyl sites for hydroxylation is 2. The standard InChI is InChI=1S/C24H29ClN4O3S/c1-16-11-18-13-17(2)26-24(18)22(12-16)33(31,32)28(3)15-23(30)27-19-7-8-21(20(25)14-19)29-9-5-4-6-10-29/h7-8,11-14,26H,4-6,9-10,15H2,1-3H3,(H,27,30). The Labute approximate surface area is 199 Å². The molecule has 1 aromatic heterocycles. The fourth-order valence-electron chi connectivity index (χ4n) is 4.33. The Hall–Kier alpha value is -2.55. The van der Waals surface area contributed by atoms with Crippen LogP contribution in [0.25, 0.3) is 10.9 Å². The molecule has 0 spiro atoms. The van der Waals surface area contributed by atoms with Gasteiger partial charge in [0.15, 0.2) is 0 Å². The van der Waals surface area contributed by atoms with Gasteiger partial charge in [0, 0.05) is 36.9 Å². The molecule has 2 aromatic carbocycles. The molecule has 0 unspecified atom stereocenters. The van der Waals surface area contributed by atoms with Gasteiger partial charge in [0.25, 0.3) is 0 Å². The van der Waals surface area contributed by atoms with Crippen molar-refractivity contribution in [1.29, 1.82) is 0 Å². The minimum absolute atomic E-state index is 0.162. The molecule has 2 N–H and O–H groups in total. The molecule has 0 atom stereocenters.